The second-order valence-electron chi connectivity index (χ2n) is 7.19. The summed E-state index contributed by atoms with van der Waals surface area (Å²) in [5.74, 6) is 1.39. The molecule has 17 heavy (non-hydrogen) atoms. The Kier molecular flexibility index (Phi) is 2.77. The Labute approximate surface area is 105 Å². The molecule has 2 unspecified atom stereocenters. The van der Waals surface area contributed by atoms with Gasteiger partial charge >= 0.3 is 0 Å². The Morgan fingerprint density at radius 2 is 1.94 bits per heavy atom. The van der Waals surface area contributed by atoms with Crippen LogP contribution in [0.15, 0.2) is 0 Å². The van der Waals surface area contributed by atoms with Crippen molar-refractivity contribution >= 4 is 0 Å². The van der Waals surface area contributed by atoms with Crippen molar-refractivity contribution in [3.05, 3.63) is 0 Å². The average molecular weight is 238 g/mol. The van der Waals surface area contributed by atoms with E-state index in [1.54, 1.807) is 0 Å². The molecular weight excluding hydrogens is 212 g/mol. The highest BCUT2D eigenvalue weighted by molar-refractivity contribution is 5.00. The fourth-order valence-corrected chi connectivity index (χ4v) is 3.59. The van der Waals surface area contributed by atoms with E-state index < -0.39 is 0 Å². The van der Waals surface area contributed by atoms with Gasteiger partial charge in [-0.3, -0.25) is 10.2 Å². The molecule has 0 radical (unpaired) electrons. The highest BCUT2D eigenvalue weighted by Gasteiger charge is 2.50. The van der Waals surface area contributed by atoms with Crippen LogP contribution in [0.4, 0.5) is 0 Å². The van der Waals surface area contributed by atoms with Crippen molar-refractivity contribution < 1.29 is 4.74 Å². The molecule has 0 aromatic carbocycles. The molecule has 3 heteroatoms. The van der Waals surface area contributed by atoms with Crippen LogP contribution in [-0.4, -0.2) is 43.4 Å². The van der Waals surface area contributed by atoms with Crippen molar-refractivity contribution in [1.82, 2.24) is 10.2 Å². The first-order chi connectivity index (χ1) is 8.00. The molecule has 98 valence electrons. The number of nitrogens with zero attached hydrogens (tertiary/aromatic N) is 1. The monoisotopic (exact) mass is 238 g/mol. The molecule has 4 aliphatic heterocycles. The molecule has 0 saturated carbocycles. The zero-order valence-electron chi connectivity index (χ0n) is 11.5. The highest BCUT2D eigenvalue weighted by atomic mass is 16.5. The van der Waals surface area contributed by atoms with E-state index >= 15 is 0 Å². The van der Waals surface area contributed by atoms with Crippen LogP contribution in [-0.2, 0) is 4.74 Å². The van der Waals surface area contributed by atoms with Gasteiger partial charge in [0.15, 0.2) is 0 Å². The molecule has 0 aromatic heterocycles. The smallest absolute Gasteiger partial charge is 0.134 e. The maximum Gasteiger partial charge on any atom is 0.134 e. The lowest BCUT2D eigenvalue weighted by Gasteiger charge is -2.56. The number of hydrogen-bond donors (Lipinski definition) is 1. The highest BCUT2D eigenvalue weighted by Crippen LogP contribution is 2.40. The molecule has 0 aromatic rings. The van der Waals surface area contributed by atoms with Gasteiger partial charge in [-0.25, -0.2) is 0 Å². The molecule has 0 amide bonds. The molecule has 3 nitrogen and oxygen atoms in total. The van der Waals surface area contributed by atoms with E-state index in [0.717, 1.165) is 25.6 Å². The summed E-state index contributed by atoms with van der Waals surface area (Å²) in [5.41, 5.74) is 0.348. The molecule has 4 fully saturated rings. The Hall–Kier alpha value is -0.120. The number of piperidine rings is 3. The molecule has 1 spiro atoms. The Morgan fingerprint density at radius 3 is 2.35 bits per heavy atom. The topological polar surface area (TPSA) is 24.5 Å². The van der Waals surface area contributed by atoms with Crippen LogP contribution in [0.3, 0.4) is 0 Å². The maximum absolute atomic E-state index is 6.33. The summed E-state index contributed by atoms with van der Waals surface area (Å²) in [4.78, 5) is 2.56. The fourth-order valence-electron chi connectivity index (χ4n) is 3.59. The molecular formula is C14H26N2O. The summed E-state index contributed by atoms with van der Waals surface area (Å²) in [6.45, 7) is 12.7. The van der Waals surface area contributed by atoms with Crippen molar-refractivity contribution in [2.45, 2.75) is 39.3 Å². The number of nitrogens with one attached hydrogen (secondary N) is 1. The lowest BCUT2D eigenvalue weighted by molar-refractivity contribution is -0.207. The number of hydrogen-bond acceptors (Lipinski definition) is 3. The van der Waals surface area contributed by atoms with Crippen LogP contribution in [0, 0.1) is 17.3 Å². The van der Waals surface area contributed by atoms with E-state index in [-0.39, 0.29) is 5.72 Å². The van der Waals surface area contributed by atoms with Crippen molar-refractivity contribution in [2.24, 2.45) is 17.3 Å². The second-order valence-corrected chi connectivity index (χ2v) is 7.19. The Balaban J connectivity index is 1.68. The predicted molar refractivity (Wildman–Crippen MR) is 68.8 cm³/mol. The van der Waals surface area contributed by atoms with Crippen LogP contribution in [0.25, 0.3) is 0 Å². The van der Waals surface area contributed by atoms with Crippen LogP contribution < -0.4 is 5.32 Å². The first-order valence-electron chi connectivity index (χ1n) is 7.11. The zero-order chi connectivity index (χ0) is 12.1. The van der Waals surface area contributed by atoms with Crippen LogP contribution >= 0.6 is 0 Å². The largest absolute Gasteiger partial charge is 0.359 e. The van der Waals surface area contributed by atoms with Gasteiger partial charge in [-0.2, -0.15) is 0 Å². The summed E-state index contributed by atoms with van der Waals surface area (Å²) in [6.07, 6.45) is 2.63. The SMILES string of the molecule is CC(C)(C)C1CNC2(CN3CCC2CC3)OC1. The molecule has 4 heterocycles. The average Bonchev–Trinajstić information content (AvgIpc) is 2.29. The van der Waals surface area contributed by atoms with Crippen molar-refractivity contribution in [3.8, 4) is 0 Å². The van der Waals surface area contributed by atoms with E-state index in [1.165, 1.54) is 25.9 Å². The van der Waals surface area contributed by atoms with Gasteiger partial charge < -0.3 is 4.74 Å². The number of rotatable bonds is 0. The van der Waals surface area contributed by atoms with Gasteiger partial charge in [0, 0.05) is 19.0 Å². The van der Waals surface area contributed by atoms with E-state index in [0.29, 0.717) is 11.3 Å². The molecule has 4 saturated heterocycles. The second kappa shape index (κ2) is 3.94. The Bertz CT molecular complexity index is 281. The van der Waals surface area contributed by atoms with Crippen LogP contribution in [0.2, 0.25) is 0 Å². The van der Waals surface area contributed by atoms with E-state index in [2.05, 4.69) is 31.0 Å². The predicted octanol–water partition coefficient (Wildman–Crippen LogP) is 1.69. The summed E-state index contributed by atoms with van der Waals surface area (Å²) < 4.78 is 6.33. The molecule has 1 N–H and O–H groups in total. The summed E-state index contributed by atoms with van der Waals surface area (Å²) in [5, 5.41) is 3.76. The van der Waals surface area contributed by atoms with Gasteiger partial charge in [0.25, 0.3) is 0 Å². The van der Waals surface area contributed by atoms with Crippen molar-refractivity contribution in [3.63, 3.8) is 0 Å². The van der Waals surface area contributed by atoms with Crippen LogP contribution in [0.5, 0.6) is 0 Å². The third-order valence-electron chi connectivity index (χ3n) is 5.12. The molecule has 2 bridgehead atoms. The van der Waals surface area contributed by atoms with Gasteiger partial charge in [-0.05, 0) is 37.3 Å². The van der Waals surface area contributed by atoms with Gasteiger partial charge in [-0.15, -0.1) is 0 Å². The van der Waals surface area contributed by atoms with Crippen LogP contribution in [0.1, 0.15) is 33.6 Å². The minimum atomic E-state index is -0.00174. The number of ether oxygens (including phenoxy) is 1. The number of fused-ring (bicyclic) bond motifs is 2. The maximum atomic E-state index is 6.33. The van der Waals surface area contributed by atoms with Crippen molar-refractivity contribution in [2.75, 3.05) is 32.8 Å². The molecule has 4 rings (SSSR count). The molecule has 0 aliphatic carbocycles. The summed E-state index contributed by atoms with van der Waals surface area (Å²) >= 11 is 0. The lowest BCUT2D eigenvalue weighted by atomic mass is 9.76. The van der Waals surface area contributed by atoms with Crippen molar-refractivity contribution in [1.29, 1.82) is 0 Å². The fraction of sp³-hybridized carbons (Fsp3) is 1.00. The third kappa shape index (κ3) is 2.02. The first kappa shape index (κ1) is 11.9. The Morgan fingerprint density at radius 1 is 1.24 bits per heavy atom. The molecule has 4 aliphatic rings. The van der Waals surface area contributed by atoms with Gasteiger partial charge in [0.05, 0.1) is 6.61 Å². The molecule has 2 atom stereocenters. The van der Waals surface area contributed by atoms with Gasteiger partial charge in [-0.1, -0.05) is 20.8 Å². The van der Waals surface area contributed by atoms with E-state index in [1.807, 2.05) is 0 Å². The minimum Gasteiger partial charge on any atom is -0.359 e. The van der Waals surface area contributed by atoms with E-state index in [9.17, 15) is 0 Å². The third-order valence-corrected chi connectivity index (χ3v) is 5.12. The first-order valence-corrected chi connectivity index (χ1v) is 7.11. The van der Waals surface area contributed by atoms with E-state index in [4.69, 9.17) is 4.74 Å². The zero-order valence-corrected chi connectivity index (χ0v) is 11.5. The van der Waals surface area contributed by atoms with Gasteiger partial charge in [0.2, 0.25) is 0 Å². The standard InChI is InChI=1S/C14H26N2O/c1-13(2,3)12-8-15-14(17-9-12)10-16-6-4-11(14)5-7-16/h11-12,15H,4-10H2,1-3H3. The quantitative estimate of drug-likeness (QED) is 0.695. The minimum absolute atomic E-state index is 0.00174. The lowest BCUT2D eigenvalue weighted by Crippen LogP contribution is -2.70. The normalized spacial score (nSPS) is 46.4. The summed E-state index contributed by atoms with van der Waals surface area (Å²) in [7, 11) is 0. The van der Waals surface area contributed by atoms with Gasteiger partial charge in [0.1, 0.15) is 5.72 Å². The summed E-state index contributed by atoms with van der Waals surface area (Å²) in [6, 6.07) is 0.